The predicted octanol–water partition coefficient (Wildman–Crippen LogP) is 2.52. The van der Waals surface area contributed by atoms with Gasteiger partial charge in [0, 0.05) is 18.4 Å². The summed E-state index contributed by atoms with van der Waals surface area (Å²) >= 11 is 0. The molecule has 0 bridgehead atoms. The van der Waals surface area contributed by atoms with Gasteiger partial charge in [-0.05, 0) is 51.3 Å². The van der Waals surface area contributed by atoms with Crippen LogP contribution in [0.3, 0.4) is 0 Å². The fourth-order valence-electron chi connectivity index (χ4n) is 3.14. The molecule has 1 N–H and O–H groups in total. The fourth-order valence-corrected chi connectivity index (χ4v) is 3.14. The van der Waals surface area contributed by atoms with Gasteiger partial charge in [0.15, 0.2) is 0 Å². The van der Waals surface area contributed by atoms with E-state index in [1.54, 1.807) is 6.20 Å². The van der Waals surface area contributed by atoms with Crippen molar-refractivity contribution in [2.45, 2.75) is 45.7 Å². The van der Waals surface area contributed by atoms with Crippen molar-refractivity contribution in [2.75, 3.05) is 6.54 Å². The maximum atomic E-state index is 12.6. The number of amides is 1. The second-order valence-corrected chi connectivity index (χ2v) is 5.84. The minimum Gasteiger partial charge on any atom is -0.357 e. The van der Waals surface area contributed by atoms with Crippen molar-refractivity contribution in [3.63, 3.8) is 0 Å². The van der Waals surface area contributed by atoms with Gasteiger partial charge in [-0.3, -0.25) is 9.48 Å². The van der Waals surface area contributed by atoms with E-state index < -0.39 is 0 Å². The Kier molecular flexibility index (Phi) is 3.82. The third kappa shape index (κ3) is 2.86. The van der Waals surface area contributed by atoms with Crippen molar-refractivity contribution in [2.24, 2.45) is 0 Å². The number of nitrogens with one attached hydrogen (secondary N) is 1. The number of aryl methyl sites for hydroxylation is 2. The van der Waals surface area contributed by atoms with Crippen LogP contribution in [0.4, 0.5) is 0 Å². The van der Waals surface area contributed by atoms with Gasteiger partial charge in [-0.25, -0.2) is 0 Å². The first-order valence-corrected chi connectivity index (χ1v) is 7.60. The molecule has 3 heterocycles. The van der Waals surface area contributed by atoms with Gasteiger partial charge >= 0.3 is 0 Å². The van der Waals surface area contributed by atoms with Crippen LogP contribution in [0.1, 0.15) is 41.1 Å². The van der Waals surface area contributed by atoms with E-state index in [1.807, 2.05) is 28.6 Å². The lowest BCUT2D eigenvalue weighted by molar-refractivity contribution is 0.0577. The van der Waals surface area contributed by atoms with Gasteiger partial charge in [0.25, 0.3) is 5.91 Å². The molecule has 5 heteroatoms. The second kappa shape index (κ2) is 5.76. The maximum absolute atomic E-state index is 12.6. The molecule has 5 nitrogen and oxygen atoms in total. The average molecular weight is 286 g/mol. The quantitative estimate of drug-likeness (QED) is 0.942. The Labute approximate surface area is 125 Å². The number of hydrogen-bond acceptors (Lipinski definition) is 2. The normalized spacial score (nSPS) is 19.0. The van der Waals surface area contributed by atoms with E-state index in [9.17, 15) is 4.79 Å². The molecule has 0 saturated carbocycles. The number of likely N-dealkylation sites (tertiary alicyclic amines) is 1. The Hall–Kier alpha value is -2.04. The Morgan fingerprint density at radius 3 is 2.95 bits per heavy atom. The average Bonchev–Trinajstić information content (AvgIpc) is 3.09. The van der Waals surface area contributed by atoms with Crippen molar-refractivity contribution < 1.29 is 4.79 Å². The molecule has 2 aromatic heterocycles. The molecule has 1 amide bonds. The number of carbonyl (C=O) groups is 1. The van der Waals surface area contributed by atoms with Crippen molar-refractivity contribution >= 4 is 5.91 Å². The third-order valence-corrected chi connectivity index (χ3v) is 4.20. The van der Waals surface area contributed by atoms with Crippen LogP contribution in [0, 0.1) is 13.8 Å². The van der Waals surface area contributed by atoms with E-state index >= 15 is 0 Å². The lowest BCUT2D eigenvalue weighted by Crippen LogP contribution is -2.46. The summed E-state index contributed by atoms with van der Waals surface area (Å²) in [6, 6.07) is 6.03. The zero-order chi connectivity index (χ0) is 14.8. The number of aromatic nitrogens is 3. The van der Waals surface area contributed by atoms with Crippen LogP contribution in [-0.4, -0.2) is 38.2 Å². The van der Waals surface area contributed by atoms with E-state index in [0.717, 1.165) is 37.3 Å². The van der Waals surface area contributed by atoms with Gasteiger partial charge < -0.3 is 9.88 Å². The highest BCUT2D eigenvalue weighted by atomic mass is 16.2. The largest absolute Gasteiger partial charge is 0.357 e. The SMILES string of the molecule is Cc1cc(C)n(C[C@@H]2CCCCN2C(=O)c2ccc[nH]2)n1. The van der Waals surface area contributed by atoms with Crippen LogP contribution in [-0.2, 0) is 6.54 Å². The number of nitrogens with zero attached hydrogens (tertiary/aromatic N) is 3. The zero-order valence-corrected chi connectivity index (χ0v) is 12.7. The summed E-state index contributed by atoms with van der Waals surface area (Å²) in [5, 5.41) is 4.53. The summed E-state index contributed by atoms with van der Waals surface area (Å²) < 4.78 is 2.03. The molecular weight excluding hydrogens is 264 g/mol. The fraction of sp³-hybridized carbons (Fsp3) is 0.500. The molecule has 1 atom stereocenters. The molecule has 0 unspecified atom stereocenters. The van der Waals surface area contributed by atoms with E-state index in [1.165, 1.54) is 6.42 Å². The maximum Gasteiger partial charge on any atom is 0.270 e. The highest BCUT2D eigenvalue weighted by Gasteiger charge is 2.28. The second-order valence-electron chi connectivity index (χ2n) is 5.84. The molecule has 2 aromatic rings. The van der Waals surface area contributed by atoms with Crippen LogP contribution in [0.2, 0.25) is 0 Å². The van der Waals surface area contributed by atoms with E-state index in [-0.39, 0.29) is 11.9 Å². The lowest BCUT2D eigenvalue weighted by atomic mass is 10.0. The molecule has 0 radical (unpaired) electrons. The highest BCUT2D eigenvalue weighted by molar-refractivity contribution is 5.92. The summed E-state index contributed by atoms with van der Waals surface area (Å²) in [5.74, 6) is 0.103. The van der Waals surface area contributed by atoms with Crippen LogP contribution < -0.4 is 0 Å². The highest BCUT2D eigenvalue weighted by Crippen LogP contribution is 2.21. The van der Waals surface area contributed by atoms with Crippen molar-refractivity contribution in [1.29, 1.82) is 0 Å². The zero-order valence-electron chi connectivity index (χ0n) is 12.7. The standard InChI is InChI=1S/C16H22N4O/c1-12-10-13(2)20(18-12)11-14-6-3-4-9-19(14)16(21)15-7-5-8-17-15/h5,7-8,10,14,17H,3-4,6,9,11H2,1-2H3/t14-/m0/s1. The van der Waals surface area contributed by atoms with Crippen molar-refractivity contribution in [3.05, 3.63) is 41.5 Å². The predicted molar refractivity (Wildman–Crippen MR) is 81.2 cm³/mol. The number of piperidine rings is 1. The summed E-state index contributed by atoms with van der Waals surface area (Å²) in [7, 11) is 0. The van der Waals surface area contributed by atoms with Gasteiger partial charge in [0.05, 0.1) is 18.3 Å². The summed E-state index contributed by atoms with van der Waals surface area (Å²) in [4.78, 5) is 17.6. The van der Waals surface area contributed by atoms with E-state index in [0.29, 0.717) is 5.69 Å². The Balaban J connectivity index is 1.78. The topological polar surface area (TPSA) is 53.9 Å². The first kappa shape index (κ1) is 13.9. The molecule has 1 aliphatic rings. The molecule has 0 aliphatic carbocycles. The Morgan fingerprint density at radius 1 is 1.43 bits per heavy atom. The number of hydrogen-bond donors (Lipinski definition) is 1. The number of rotatable bonds is 3. The third-order valence-electron chi connectivity index (χ3n) is 4.20. The molecule has 1 aliphatic heterocycles. The summed E-state index contributed by atoms with van der Waals surface area (Å²) in [5.41, 5.74) is 2.87. The molecule has 21 heavy (non-hydrogen) atoms. The smallest absolute Gasteiger partial charge is 0.270 e. The number of aromatic amines is 1. The number of H-pyrrole nitrogens is 1. The Morgan fingerprint density at radius 2 is 2.29 bits per heavy atom. The van der Waals surface area contributed by atoms with Crippen molar-refractivity contribution in [3.8, 4) is 0 Å². The van der Waals surface area contributed by atoms with E-state index in [2.05, 4.69) is 23.1 Å². The van der Waals surface area contributed by atoms with E-state index in [4.69, 9.17) is 0 Å². The summed E-state index contributed by atoms with van der Waals surface area (Å²) in [6.07, 6.45) is 5.11. The molecule has 1 fully saturated rings. The molecule has 0 spiro atoms. The first-order chi connectivity index (χ1) is 10.1. The molecular formula is C16H22N4O. The minimum atomic E-state index is 0.103. The molecule has 112 valence electrons. The first-order valence-electron chi connectivity index (χ1n) is 7.60. The van der Waals surface area contributed by atoms with Gasteiger partial charge in [-0.2, -0.15) is 5.10 Å². The molecule has 1 saturated heterocycles. The monoisotopic (exact) mass is 286 g/mol. The van der Waals surface area contributed by atoms with Gasteiger partial charge in [0.2, 0.25) is 0 Å². The van der Waals surface area contributed by atoms with Crippen LogP contribution in [0.15, 0.2) is 24.4 Å². The summed E-state index contributed by atoms with van der Waals surface area (Å²) in [6.45, 7) is 5.69. The van der Waals surface area contributed by atoms with Gasteiger partial charge in [0.1, 0.15) is 5.69 Å². The lowest BCUT2D eigenvalue weighted by Gasteiger charge is -2.35. The van der Waals surface area contributed by atoms with Crippen LogP contribution in [0.5, 0.6) is 0 Å². The minimum absolute atomic E-state index is 0.103. The number of carbonyl (C=O) groups excluding carboxylic acids is 1. The van der Waals surface area contributed by atoms with Gasteiger partial charge in [-0.1, -0.05) is 0 Å². The molecule has 0 aromatic carbocycles. The Bertz CT molecular complexity index is 614. The van der Waals surface area contributed by atoms with Crippen LogP contribution >= 0.6 is 0 Å². The molecule has 3 rings (SSSR count). The van der Waals surface area contributed by atoms with Crippen LogP contribution in [0.25, 0.3) is 0 Å². The van der Waals surface area contributed by atoms with Gasteiger partial charge in [-0.15, -0.1) is 0 Å². The van der Waals surface area contributed by atoms with Crippen molar-refractivity contribution in [1.82, 2.24) is 19.7 Å².